The van der Waals surface area contributed by atoms with Crippen LogP contribution in [-0.2, 0) is 4.79 Å². The summed E-state index contributed by atoms with van der Waals surface area (Å²) in [7, 11) is 0. The van der Waals surface area contributed by atoms with Crippen molar-refractivity contribution in [3.8, 4) is 6.07 Å². The monoisotopic (exact) mass is 166 g/mol. The Morgan fingerprint density at radius 2 is 2.08 bits per heavy atom. The Morgan fingerprint density at radius 3 is 2.33 bits per heavy atom. The molecule has 0 fully saturated rings. The van der Waals surface area contributed by atoms with E-state index in [1.807, 2.05) is 0 Å². The highest BCUT2D eigenvalue weighted by molar-refractivity contribution is 6.42. The number of nitriles is 1. The third-order valence-electron chi connectivity index (χ3n) is 1.46. The Balaban J connectivity index is 4.59. The molecule has 0 rings (SSSR count). The first-order chi connectivity index (χ1) is 5.71. The molecule has 0 aliphatic heterocycles. The van der Waals surface area contributed by atoms with Crippen LogP contribution in [0, 0.1) is 11.3 Å². The Kier molecular flexibility index (Phi) is 4.35. The molecule has 0 unspecified atom stereocenters. The van der Waals surface area contributed by atoms with Gasteiger partial charge in [0, 0.05) is 13.1 Å². The highest BCUT2D eigenvalue weighted by atomic mass is 16.2. The summed E-state index contributed by atoms with van der Waals surface area (Å²) in [6.45, 7) is 4.56. The third-order valence-corrected chi connectivity index (χ3v) is 1.46. The molecule has 0 atom stereocenters. The van der Waals surface area contributed by atoms with Gasteiger partial charge in [0.2, 0.25) is 0 Å². The molecule has 0 aliphatic carbocycles. The number of amides is 1. The standard InChI is InChI=1S/C7H10N4O/c1-3-11(4-2)7(12)6(5-8)10-9/h3-4H2,1-2H3. The molecule has 64 valence electrons. The summed E-state index contributed by atoms with van der Waals surface area (Å²) < 4.78 is 0. The number of carbonyl (C=O) groups excluding carboxylic acids is 1. The smallest absolute Gasteiger partial charge is 0.360 e. The van der Waals surface area contributed by atoms with E-state index in [9.17, 15) is 4.79 Å². The molecule has 0 aromatic carbocycles. The van der Waals surface area contributed by atoms with Gasteiger partial charge in [0.1, 0.15) is 0 Å². The maximum atomic E-state index is 11.2. The molecule has 5 nitrogen and oxygen atoms in total. The van der Waals surface area contributed by atoms with Crippen molar-refractivity contribution in [1.29, 1.82) is 5.26 Å². The molecular formula is C7H10N4O. The van der Waals surface area contributed by atoms with Crippen LogP contribution in [0.1, 0.15) is 13.8 Å². The van der Waals surface area contributed by atoms with Gasteiger partial charge < -0.3 is 10.4 Å². The van der Waals surface area contributed by atoms with Crippen molar-refractivity contribution in [3.05, 3.63) is 5.53 Å². The number of nitrogens with zero attached hydrogens (tertiary/aromatic N) is 4. The highest BCUT2D eigenvalue weighted by Gasteiger charge is 2.23. The summed E-state index contributed by atoms with van der Waals surface area (Å²) in [6.07, 6.45) is 0. The molecular weight excluding hydrogens is 156 g/mol. The first kappa shape index (κ1) is 10.3. The van der Waals surface area contributed by atoms with E-state index in [0.29, 0.717) is 13.1 Å². The molecule has 0 aliphatic rings. The molecule has 1 amide bonds. The molecule has 0 saturated heterocycles. The van der Waals surface area contributed by atoms with Crippen LogP contribution in [0.15, 0.2) is 0 Å². The van der Waals surface area contributed by atoms with E-state index in [0.717, 1.165) is 0 Å². The van der Waals surface area contributed by atoms with Crippen molar-refractivity contribution in [2.24, 2.45) is 0 Å². The van der Waals surface area contributed by atoms with Crippen LogP contribution in [0.3, 0.4) is 0 Å². The van der Waals surface area contributed by atoms with Crippen LogP contribution in [0.4, 0.5) is 0 Å². The summed E-state index contributed by atoms with van der Waals surface area (Å²) in [4.78, 5) is 15.2. The van der Waals surface area contributed by atoms with E-state index in [-0.39, 0.29) is 0 Å². The molecule has 0 saturated carbocycles. The fraction of sp³-hybridized carbons (Fsp3) is 0.571. The maximum absolute atomic E-state index is 11.2. The number of carbonyl (C=O) groups is 1. The van der Waals surface area contributed by atoms with Crippen molar-refractivity contribution in [2.45, 2.75) is 13.8 Å². The van der Waals surface area contributed by atoms with Gasteiger partial charge >= 0.3 is 11.6 Å². The Morgan fingerprint density at radius 1 is 1.58 bits per heavy atom. The Labute approximate surface area is 70.8 Å². The summed E-state index contributed by atoms with van der Waals surface area (Å²) in [5.74, 6) is -0.537. The molecule has 0 spiro atoms. The quantitative estimate of drug-likeness (QED) is 0.337. The minimum absolute atomic E-state index is 0.473. The fourth-order valence-corrected chi connectivity index (χ4v) is 0.774. The van der Waals surface area contributed by atoms with Gasteiger partial charge in [0.15, 0.2) is 6.07 Å². The normalized spacial score (nSPS) is 8.08. The second kappa shape index (κ2) is 5.05. The Hall–Kier alpha value is -1.66. The fourth-order valence-electron chi connectivity index (χ4n) is 0.774. The molecule has 0 bridgehead atoms. The van der Waals surface area contributed by atoms with Crippen LogP contribution >= 0.6 is 0 Å². The van der Waals surface area contributed by atoms with Gasteiger partial charge in [-0.3, -0.25) is 4.79 Å². The summed E-state index contributed by atoms with van der Waals surface area (Å²) in [6, 6.07) is 1.51. The second-order valence-corrected chi connectivity index (χ2v) is 2.04. The average Bonchev–Trinajstić information content (AvgIpc) is 2.09. The van der Waals surface area contributed by atoms with Gasteiger partial charge in [0.25, 0.3) is 0 Å². The summed E-state index contributed by atoms with van der Waals surface area (Å²) >= 11 is 0. The van der Waals surface area contributed by atoms with E-state index >= 15 is 0 Å². The lowest BCUT2D eigenvalue weighted by molar-refractivity contribution is -0.127. The van der Waals surface area contributed by atoms with Crippen LogP contribution in [0.25, 0.3) is 5.53 Å². The van der Waals surface area contributed by atoms with Gasteiger partial charge in [-0.05, 0) is 13.8 Å². The van der Waals surface area contributed by atoms with Crippen LogP contribution in [0.5, 0.6) is 0 Å². The number of hydrogen-bond donors (Lipinski definition) is 0. The highest BCUT2D eigenvalue weighted by Crippen LogP contribution is 1.89. The van der Waals surface area contributed by atoms with E-state index in [2.05, 4.69) is 4.79 Å². The predicted octanol–water partition coefficient (Wildman–Crippen LogP) is 0.0492. The lowest BCUT2D eigenvalue weighted by Gasteiger charge is -2.13. The van der Waals surface area contributed by atoms with Crippen molar-refractivity contribution in [2.75, 3.05) is 13.1 Å². The second-order valence-electron chi connectivity index (χ2n) is 2.04. The van der Waals surface area contributed by atoms with Gasteiger partial charge in [-0.15, -0.1) is 4.79 Å². The van der Waals surface area contributed by atoms with E-state index in [1.165, 1.54) is 11.0 Å². The van der Waals surface area contributed by atoms with Gasteiger partial charge in [-0.1, -0.05) is 0 Å². The van der Waals surface area contributed by atoms with Crippen LogP contribution in [0.2, 0.25) is 0 Å². The zero-order valence-electron chi connectivity index (χ0n) is 7.11. The van der Waals surface area contributed by atoms with Gasteiger partial charge in [-0.25, -0.2) is 0 Å². The van der Waals surface area contributed by atoms with Crippen molar-refractivity contribution in [3.63, 3.8) is 0 Å². The van der Waals surface area contributed by atoms with Gasteiger partial charge in [0.05, 0.1) is 0 Å². The van der Waals surface area contributed by atoms with E-state index in [4.69, 9.17) is 10.8 Å². The SMILES string of the molecule is CCN(CC)C(=O)C(C#N)=[N+]=[N-]. The number of rotatable bonds is 3. The number of hydrogen-bond acceptors (Lipinski definition) is 2. The minimum atomic E-state index is -0.537. The van der Waals surface area contributed by atoms with Crippen molar-refractivity contribution >= 4 is 11.6 Å². The third kappa shape index (κ3) is 2.19. The van der Waals surface area contributed by atoms with Crippen LogP contribution < -0.4 is 0 Å². The zero-order chi connectivity index (χ0) is 9.56. The summed E-state index contributed by atoms with van der Waals surface area (Å²) in [5, 5.41) is 8.35. The predicted molar refractivity (Wildman–Crippen MR) is 42.2 cm³/mol. The molecule has 0 N–H and O–H groups in total. The van der Waals surface area contributed by atoms with Crippen molar-refractivity contribution in [1.82, 2.24) is 4.90 Å². The zero-order valence-corrected chi connectivity index (χ0v) is 7.11. The molecule has 12 heavy (non-hydrogen) atoms. The molecule has 0 radical (unpaired) electrons. The lowest BCUT2D eigenvalue weighted by atomic mass is 10.3. The van der Waals surface area contributed by atoms with E-state index in [1.54, 1.807) is 13.8 Å². The maximum Gasteiger partial charge on any atom is 0.455 e. The Bertz CT molecular complexity index is 255. The molecule has 0 heterocycles. The van der Waals surface area contributed by atoms with Crippen molar-refractivity contribution < 1.29 is 9.58 Å². The average molecular weight is 166 g/mol. The topological polar surface area (TPSA) is 80.5 Å². The summed E-state index contributed by atoms with van der Waals surface area (Å²) in [5.41, 5.74) is 7.78. The molecule has 0 aromatic rings. The minimum Gasteiger partial charge on any atom is -0.360 e. The lowest BCUT2D eigenvalue weighted by Crippen LogP contribution is -2.36. The first-order valence-electron chi connectivity index (χ1n) is 3.62. The van der Waals surface area contributed by atoms with E-state index < -0.39 is 11.6 Å². The molecule has 0 aromatic heterocycles. The first-order valence-corrected chi connectivity index (χ1v) is 3.62. The van der Waals surface area contributed by atoms with Crippen LogP contribution in [-0.4, -0.2) is 34.4 Å². The molecule has 5 heteroatoms. The van der Waals surface area contributed by atoms with Gasteiger partial charge in [-0.2, -0.15) is 5.26 Å². The largest absolute Gasteiger partial charge is 0.455 e.